The molecule has 0 aliphatic rings. The summed E-state index contributed by atoms with van der Waals surface area (Å²) in [5.41, 5.74) is 1.09. The van der Waals surface area contributed by atoms with Crippen molar-refractivity contribution in [3.05, 3.63) is 39.5 Å². The molecule has 0 spiro atoms. The maximum Gasteiger partial charge on any atom is 0.123 e. The molecule has 0 fully saturated rings. The molecule has 0 bridgehead atoms. The minimum absolute atomic E-state index is 0.369. The number of fused-ring (bicyclic) bond motifs is 1. The number of hydrogen-bond donors (Lipinski definition) is 1. The van der Waals surface area contributed by atoms with Crippen molar-refractivity contribution in [2.75, 3.05) is 0 Å². The van der Waals surface area contributed by atoms with E-state index in [0.29, 0.717) is 5.75 Å². The Labute approximate surface area is 90.5 Å². The van der Waals surface area contributed by atoms with Crippen LogP contribution in [0.1, 0.15) is 5.56 Å². The molecule has 13 heavy (non-hydrogen) atoms. The average Bonchev–Trinajstić information content (AvgIpc) is 2.06. The fourth-order valence-electron chi connectivity index (χ4n) is 1.46. The van der Waals surface area contributed by atoms with Crippen molar-refractivity contribution in [2.24, 2.45) is 0 Å². The number of aryl methyl sites for hydroxylation is 1. The molecular formula is C11H9IO. The normalized spacial score (nSPS) is 10.6. The molecule has 0 radical (unpaired) electrons. The third-order valence-corrected chi connectivity index (χ3v) is 2.71. The zero-order chi connectivity index (χ0) is 9.42. The molecule has 0 aliphatic heterocycles. The third kappa shape index (κ3) is 1.63. The minimum Gasteiger partial charge on any atom is -0.507 e. The number of phenolic OH excluding ortho intramolecular Hbond substituents is 1. The first-order valence-corrected chi connectivity index (χ1v) is 5.13. The topological polar surface area (TPSA) is 20.2 Å². The summed E-state index contributed by atoms with van der Waals surface area (Å²) in [5.74, 6) is 0.369. The van der Waals surface area contributed by atoms with Crippen molar-refractivity contribution in [1.82, 2.24) is 0 Å². The number of halogens is 1. The Morgan fingerprint density at radius 3 is 2.69 bits per heavy atom. The van der Waals surface area contributed by atoms with Gasteiger partial charge in [0, 0.05) is 8.96 Å². The van der Waals surface area contributed by atoms with Gasteiger partial charge in [0.05, 0.1) is 0 Å². The van der Waals surface area contributed by atoms with Crippen LogP contribution >= 0.6 is 22.6 Å². The first kappa shape index (κ1) is 8.81. The lowest BCUT2D eigenvalue weighted by molar-refractivity contribution is 0.481. The van der Waals surface area contributed by atoms with Crippen LogP contribution in [0.4, 0.5) is 0 Å². The summed E-state index contributed by atoms with van der Waals surface area (Å²) in [5, 5.41) is 11.7. The molecule has 2 heteroatoms. The molecule has 1 N–H and O–H groups in total. The van der Waals surface area contributed by atoms with Gasteiger partial charge < -0.3 is 5.11 Å². The van der Waals surface area contributed by atoms with Crippen LogP contribution in [0.3, 0.4) is 0 Å². The third-order valence-electron chi connectivity index (χ3n) is 2.04. The SMILES string of the molecule is Cc1cc(O)c2cc(I)ccc2c1. The van der Waals surface area contributed by atoms with Crippen LogP contribution in [0, 0.1) is 10.5 Å². The minimum atomic E-state index is 0.369. The van der Waals surface area contributed by atoms with E-state index < -0.39 is 0 Å². The van der Waals surface area contributed by atoms with Gasteiger partial charge in [0.2, 0.25) is 0 Å². The molecule has 2 aromatic carbocycles. The van der Waals surface area contributed by atoms with Crippen molar-refractivity contribution in [3.8, 4) is 5.75 Å². The van der Waals surface area contributed by atoms with Crippen LogP contribution in [0.2, 0.25) is 0 Å². The predicted molar refractivity (Wildman–Crippen MR) is 63.1 cm³/mol. The maximum atomic E-state index is 9.67. The Kier molecular flexibility index (Phi) is 2.15. The standard InChI is InChI=1S/C11H9IO/c1-7-4-8-2-3-9(12)6-10(8)11(13)5-7/h2-6,13H,1H3. The van der Waals surface area contributed by atoms with Crippen LogP contribution in [-0.2, 0) is 0 Å². The molecule has 0 unspecified atom stereocenters. The van der Waals surface area contributed by atoms with Crippen LogP contribution in [0.5, 0.6) is 5.75 Å². The van der Waals surface area contributed by atoms with E-state index in [1.165, 1.54) is 0 Å². The predicted octanol–water partition coefficient (Wildman–Crippen LogP) is 3.46. The molecule has 0 amide bonds. The first-order valence-electron chi connectivity index (χ1n) is 4.06. The number of benzene rings is 2. The van der Waals surface area contributed by atoms with E-state index in [4.69, 9.17) is 0 Å². The molecule has 0 aliphatic carbocycles. The molecular weight excluding hydrogens is 275 g/mol. The van der Waals surface area contributed by atoms with Gasteiger partial charge in [-0.2, -0.15) is 0 Å². The molecule has 1 nitrogen and oxygen atoms in total. The van der Waals surface area contributed by atoms with E-state index in [9.17, 15) is 5.11 Å². The Balaban J connectivity index is 2.87. The summed E-state index contributed by atoms with van der Waals surface area (Å²) in [6, 6.07) is 9.93. The highest BCUT2D eigenvalue weighted by atomic mass is 127. The summed E-state index contributed by atoms with van der Waals surface area (Å²) < 4.78 is 1.14. The van der Waals surface area contributed by atoms with Crippen LogP contribution < -0.4 is 0 Å². The molecule has 0 atom stereocenters. The number of rotatable bonds is 0. The fourth-order valence-corrected chi connectivity index (χ4v) is 1.95. The van der Waals surface area contributed by atoms with Crippen molar-refractivity contribution < 1.29 is 5.11 Å². The fraction of sp³-hybridized carbons (Fsp3) is 0.0909. The summed E-state index contributed by atoms with van der Waals surface area (Å²) in [4.78, 5) is 0. The maximum absolute atomic E-state index is 9.67. The second kappa shape index (κ2) is 3.18. The van der Waals surface area contributed by atoms with E-state index in [1.807, 2.05) is 25.1 Å². The zero-order valence-electron chi connectivity index (χ0n) is 7.21. The molecule has 2 rings (SSSR count). The van der Waals surface area contributed by atoms with E-state index in [0.717, 1.165) is 19.9 Å². The van der Waals surface area contributed by atoms with E-state index in [2.05, 4.69) is 28.7 Å². The molecule has 0 saturated heterocycles. The average molecular weight is 284 g/mol. The van der Waals surface area contributed by atoms with Gasteiger partial charge in [0.25, 0.3) is 0 Å². The number of aromatic hydroxyl groups is 1. The van der Waals surface area contributed by atoms with Gasteiger partial charge in [0.1, 0.15) is 5.75 Å². The monoisotopic (exact) mass is 284 g/mol. The second-order valence-corrected chi connectivity index (χ2v) is 4.40. The zero-order valence-corrected chi connectivity index (χ0v) is 9.37. The van der Waals surface area contributed by atoms with Crippen LogP contribution in [0.25, 0.3) is 10.8 Å². The number of hydrogen-bond acceptors (Lipinski definition) is 1. The highest BCUT2D eigenvalue weighted by Gasteiger charge is 2.00. The highest BCUT2D eigenvalue weighted by Crippen LogP contribution is 2.27. The lowest BCUT2D eigenvalue weighted by Crippen LogP contribution is -1.78. The highest BCUT2D eigenvalue weighted by molar-refractivity contribution is 14.1. The van der Waals surface area contributed by atoms with Gasteiger partial charge in [0.15, 0.2) is 0 Å². The first-order chi connectivity index (χ1) is 6.16. The Bertz CT molecular complexity index is 463. The van der Waals surface area contributed by atoms with Gasteiger partial charge in [-0.05, 0) is 58.7 Å². The second-order valence-electron chi connectivity index (χ2n) is 3.15. The Hall–Kier alpha value is -0.770. The van der Waals surface area contributed by atoms with Crippen molar-refractivity contribution in [3.63, 3.8) is 0 Å². The summed E-state index contributed by atoms with van der Waals surface area (Å²) in [6.07, 6.45) is 0. The Morgan fingerprint density at radius 1 is 1.15 bits per heavy atom. The van der Waals surface area contributed by atoms with Gasteiger partial charge in [-0.3, -0.25) is 0 Å². The van der Waals surface area contributed by atoms with Gasteiger partial charge in [-0.25, -0.2) is 0 Å². The summed E-state index contributed by atoms with van der Waals surface area (Å²) in [6.45, 7) is 1.98. The molecule has 2 aromatic rings. The quantitative estimate of drug-likeness (QED) is 0.734. The summed E-state index contributed by atoms with van der Waals surface area (Å²) >= 11 is 2.24. The van der Waals surface area contributed by atoms with Crippen molar-refractivity contribution in [1.29, 1.82) is 0 Å². The Morgan fingerprint density at radius 2 is 1.92 bits per heavy atom. The van der Waals surface area contributed by atoms with Gasteiger partial charge >= 0.3 is 0 Å². The molecule has 0 saturated carbocycles. The smallest absolute Gasteiger partial charge is 0.123 e. The van der Waals surface area contributed by atoms with Gasteiger partial charge in [-0.1, -0.05) is 12.1 Å². The molecule has 66 valence electrons. The van der Waals surface area contributed by atoms with E-state index in [-0.39, 0.29) is 0 Å². The lowest BCUT2D eigenvalue weighted by atomic mass is 10.1. The molecule has 0 heterocycles. The van der Waals surface area contributed by atoms with Gasteiger partial charge in [-0.15, -0.1) is 0 Å². The van der Waals surface area contributed by atoms with Crippen LogP contribution in [0.15, 0.2) is 30.3 Å². The number of phenols is 1. The van der Waals surface area contributed by atoms with Crippen LogP contribution in [-0.4, -0.2) is 5.11 Å². The lowest BCUT2D eigenvalue weighted by Gasteiger charge is -2.03. The van der Waals surface area contributed by atoms with E-state index >= 15 is 0 Å². The summed E-state index contributed by atoms with van der Waals surface area (Å²) in [7, 11) is 0. The van der Waals surface area contributed by atoms with Crippen molar-refractivity contribution >= 4 is 33.4 Å². The van der Waals surface area contributed by atoms with E-state index in [1.54, 1.807) is 6.07 Å². The largest absolute Gasteiger partial charge is 0.507 e. The van der Waals surface area contributed by atoms with Crippen molar-refractivity contribution in [2.45, 2.75) is 6.92 Å². The molecule has 0 aromatic heterocycles.